The molecule has 2 atom stereocenters. The number of halogens is 1. The molecule has 1 N–H and O–H groups in total. The summed E-state index contributed by atoms with van der Waals surface area (Å²) in [5.41, 5.74) is 0.695. The zero-order valence-corrected chi connectivity index (χ0v) is 10.8. The maximum absolute atomic E-state index is 10.6. The van der Waals surface area contributed by atoms with E-state index in [1.165, 1.54) is 12.1 Å². The van der Waals surface area contributed by atoms with Crippen LogP contribution in [0.4, 0.5) is 11.4 Å². The molecule has 1 fully saturated rings. The van der Waals surface area contributed by atoms with E-state index in [0.29, 0.717) is 10.7 Å². The SMILES string of the molecule is CC(Nc1ccc([N+](=O)[O-])cc1Cl)C1CCCO1. The van der Waals surface area contributed by atoms with Gasteiger partial charge in [0.1, 0.15) is 0 Å². The first-order valence-electron chi connectivity index (χ1n) is 5.90. The highest BCUT2D eigenvalue weighted by Crippen LogP contribution is 2.28. The van der Waals surface area contributed by atoms with Crippen molar-refractivity contribution in [1.29, 1.82) is 0 Å². The van der Waals surface area contributed by atoms with Gasteiger partial charge < -0.3 is 10.1 Å². The molecule has 2 rings (SSSR count). The van der Waals surface area contributed by atoms with E-state index in [1.54, 1.807) is 6.07 Å². The molecule has 1 aromatic rings. The quantitative estimate of drug-likeness (QED) is 0.674. The van der Waals surface area contributed by atoms with E-state index >= 15 is 0 Å². The predicted molar refractivity (Wildman–Crippen MR) is 70.2 cm³/mol. The second-order valence-corrected chi connectivity index (χ2v) is 4.81. The van der Waals surface area contributed by atoms with Crippen LogP contribution in [0.15, 0.2) is 18.2 Å². The minimum absolute atomic E-state index is 0.00433. The maximum Gasteiger partial charge on any atom is 0.271 e. The van der Waals surface area contributed by atoms with Gasteiger partial charge in [0.05, 0.1) is 21.7 Å². The van der Waals surface area contributed by atoms with Crippen LogP contribution in [-0.2, 0) is 4.74 Å². The van der Waals surface area contributed by atoms with Gasteiger partial charge in [-0.2, -0.15) is 0 Å². The third-order valence-corrected chi connectivity index (χ3v) is 3.38. The number of benzene rings is 1. The van der Waals surface area contributed by atoms with Gasteiger partial charge in [0.25, 0.3) is 5.69 Å². The normalized spacial score (nSPS) is 20.7. The van der Waals surface area contributed by atoms with E-state index in [0.717, 1.165) is 19.4 Å². The molecule has 2 unspecified atom stereocenters. The fourth-order valence-electron chi connectivity index (χ4n) is 2.07. The molecular formula is C12H15ClN2O3. The highest BCUT2D eigenvalue weighted by atomic mass is 35.5. The van der Waals surface area contributed by atoms with E-state index in [2.05, 4.69) is 5.32 Å². The molecule has 18 heavy (non-hydrogen) atoms. The van der Waals surface area contributed by atoms with Crippen molar-refractivity contribution in [2.45, 2.75) is 31.9 Å². The van der Waals surface area contributed by atoms with Crippen LogP contribution >= 0.6 is 11.6 Å². The first kappa shape index (κ1) is 13.1. The summed E-state index contributed by atoms with van der Waals surface area (Å²) in [6.45, 7) is 2.82. The van der Waals surface area contributed by atoms with Gasteiger partial charge in [-0.05, 0) is 25.8 Å². The molecular weight excluding hydrogens is 256 g/mol. The zero-order chi connectivity index (χ0) is 13.1. The summed E-state index contributed by atoms with van der Waals surface area (Å²) >= 11 is 6.02. The van der Waals surface area contributed by atoms with Crippen LogP contribution in [0, 0.1) is 10.1 Å². The lowest BCUT2D eigenvalue weighted by molar-refractivity contribution is -0.384. The van der Waals surface area contributed by atoms with Gasteiger partial charge in [0.15, 0.2) is 0 Å². The number of rotatable bonds is 4. The van der Waals surface area contributed by atoms with Gasteiger partial charge in [-0.15, -0.1) is 0 Å². The minimum Gasteiger partial charge on any atom is -0.379 e. The molecule has 5 nitrogen and oxygen atoms in total. The van der Waals surface area contributed by atoms with Crippen molar-refractivity contribution in [2.24, 2.45) is 0 Å². The summed E-state index contributed by atoms with van der Waals surface area (Å²) < 4.78 is 5.57. The number of nitro groups is 1. The van der Waals surface area contributed by atoms with E-state index in [4.69, 9.17) is 16.3 Å². The third-order valence-electron chi connectivity index (χ3n) is 3.07. The maximum atomic E-state index is 10.6. The second kappa shape index (κ2) is 5.54. The number of anilines is 1. The second-order valence-electron chi connectivity index (χ2n) is 4.41. The molecule has 0 amide bonds. The van der Waals surface area contributed by atoms with E-state index in [9.17, 15) is 10.1 Å². The Morgan fingerprint density at radius 1 is 1.61 bits per heavy atom. The first-order chi connectivity index (χ1) is 8.58. The lowest BCUT2D eigenvalue weighted by Gasteiger charge is -2.21. The monoisotopic (exact) mass is 270 g/mol. The Kier molecular flexibility index (Phi) is 4.04. The van der Waals surface area contributed by atoms with Crippen LogP contribution in [0.3, 0.4) is 0 Å². The molecule has 1 heterocycles. The van der Waals surface area contributed by atoms with Crippen LogP contribution in [-0.4, -0.2) is 23.7 Å². The molecule has 1 aliphatic heterocycles. The van der Waals surface area contributed by atoms with Crippen molar-refractivity contribution < 1.29 is 9.66 Å². The standard InChI is InChI=1S/C12H15ClN2O3/c1-8(12-3-2-6-18-12)14-11-5-4-9(15(16)17)7-10(11)13/h4-5,7-8,12,14H,2-3,6H2,1H3. The molecule has 98 valence electrons. The number of hydrogen-bond donors (Lipinski definition) is 1. The van der Waals surface area contributed by atoms with E-state index < -0.39 is 4.92 Å². The Morgan fingerprint density at radius 2 is 2.39 bits per heavy atom. The molecule has 6 heteroatoms. The lowest BCUT2D eigenvalue weighted by atomic mass is 10.1. The Hall–Kier alpha value is -1.33. The Morgan fingerprint density at radius 3 is 2.94 bits per heavy atom. The molecule has 0 saturated carbocycles. The topological polar surface area (TPSA) is 64.4 Å². The van der Waals surface area contributed by atoms with Gasteiger partial charge in [0, 0.05) is 24.8 Å². The Bertz CT molecular complexity index is 447. The van der Waals surface area contributed by atoms with E-state index in [1.807, 2.05) is 6.92 Å². The van der Waals surface area contributed by atoms with Gasteiger partial charge in [0.2, 0.25) is 0 Å². The zero-order valence-electron chi connectivity index (χ0n) is 10.1. The van der Waals surface area contributed by atoms with Crippen molar-refractivity contribution >= 4 is 23.0 Å². The molecule has 0 spiro atoms. The number of nitrogens with zero attached hydrogens (tertiary/aromatic N) is 1. The highest BCUT2D eigenvalue weighted by molar-refractivity contribution is 6.33. The van der Waals surface area contributed by atoms with E-state index in [-0.39, 0.29) is 17.8 Å². The number of non-ortho nitro benzene ring substituents is 1. The smallest absolute Gasteiger partial charge is 0.271 e. The average Bonchev–Trinajstić information content (AvgIpc) is 2.85. The molecule has 0 aliphatic carbocycles. The van der Waals surface area contributed by atoms with Crippen molar-refractivity contribution in [1.82, 2.24) is 0 Å². The fraction of sp³-hybridized carbons (Fsp3) is 0.500. The molecule has 1 aliphatic rings. The number of ether oxygens (including phenoxy) is 1. The lowest BCUT2D eigenvalue weighted by Crippen LogP contribution is -2.30. The summed E-state index contributed by atoms with van der Waals surface area (Å²) in [5, 5.41) is 14.2. The summed E-state index contributed by atoms with van der Waals surface area (Å²) in [6, 6.07) is 4.56. The van der Waals surface area contributed by atoms with Gasteiger partial charge in [-0.25, -0.2) is 0 Å². The Balaban J connectivity index is 2.06. The van der Waals surface area contributed by atoms with Crippen LogP contribution in [0.5, 0.6) is 0 Å². The van der Waals surface area contributed by atoms with Crippen LogP contribution in [0.25, 0.3) is 0 Å². The van der Waals surface area contributed by atoms with Crippen LogP contribution < -0.4 is 5.32 Å². The molecule has 0 aromatic heterocycles. The predicted octanol–water partition coefficient (Wildman–Crippen LogP) is 3.23. The average molecular weight is 271 g/mol. The van der Waals surface area contributed by atoms with Gasteiger partial charge in [-0.3, -0.25) is 10.1 Å². The summed E-state index contributed by atoms with van der Waals surface area (Å²) in [4.78, 5) is 10.1. The fourth-order valence-corrected chi connectivity index (χ4v) is 2.30. The highest BCUT2D eigenvalue weighted by Gasteiger charge is 2.23. The van der Waals surface area contributed by atoms with Crippen molar-refractivity contribution in [3.63, 3.8) is 0 Å². The summed E-state index contributed by atoms with van der Waals surface area (Å²) in [7, 11) is 0. The largest absolute Gasteiger partial charge is 0.379 e. The van der Waals surface area contributed by atoms with Crippen molar-refractivity contribution in [2.75, 3.05) is 11.9 Å². The van der Waals surface area contributed by atoms with Crippen LogP contribution in [0.1, 0.15) is 19.8 Å². The first-order valence-corrected chi connectivity index (χ1v) is 6.28. The number of nitro benzene ring substituents is 1. The molecule has 1 saturated heterocycles. The Labute approximate surface area is 110 Å². The van der Waals surface area contributed by atoms with Crippen LogP contribution in [0.2, 0.25) is 5.02 Å². The van der Waals surface area contributed by atoms with Crippen molar-refractivity contribution in [3.8, 4) is 0 Å². The minimum atomic E-state index is -0.459. The number of nitrogens with one attached hydrogen (secondary N) is 1. The molecule has 1 aromatic carbocycles. The molecule has 0 bridgehead atoms. The molecule has 0 radical (unpaired) electrons. The third kappa shape index (κ3) is 2.91. The van der Waals surface area contributed by atoms with Crippen molar-refractivity contribution in [3.05, 3.63) is 33.3 Å². The number of hydrogen-bond acceptors (Lipinski definition) is 4. The van der Waals surface area contributed by atoms with Gasteiger partial charge in [-0.1, -0.05) is 11.6 Å². The summed E-state index contributed by atoms with van der Waals surface area (Å²) in [6.07, 6.45) is 2.28. The summed E-state index contributed by atoms with van der Waals surface area (Å²) in [5.74, 6) is 0. The van der Waals surface area contributed by atoms with Gasteiger partial charge >= 0.3 is 0 Å².